The topological polar surface area (TPSA) is 76.4 Å². The quantitative estimate of drug-likeness (QED) is 0.307. The van der Waals surface area contributed by atoms with Crippen LogP contribution in [0.25, 0.3) is 22.4 Å². The molecule has 1 aromatic heterocycles. The lowest BCUT2D eigenvalue weighted by molar-refractivity contribution is -0.140. The summed E-state index contributed by atoms with van der Waals surface area (Å²) in [6.45, 7) is 2.64. The van der Waals surface area contributed by atoms with Gasteiger partial charge in [-0.25, -0.2) is 4.98 Å². The number of nitrogens with one attached hydrogen (secondary N) is 1. The molecule has 0 unspecified atom stereocenters. The normalized spacial score (nSPS) is 17.2. The number of rotatable bonds is 7. The molecular weight excluding hydrogens is 495 g/mol. The van der Waals surface area contributed by atoms with Gasteiger partial charge in [0.25, 0.3) is 0 Å². The fourth-order valence-corrected chi connectivity index (χ4v) is 4.86. The molecule has 1 aliphatic rings. The van der Waals surface area contributed by atoms with Crippen LogP contribution in [0.5, 0.6) is 5.75 Å². The molecule has 0 bridgehead atoms. The zero-order valence-corrected chi connectivity index (χ0v) is 20.6. The van der Waals surface area contributed by atoms with Gasteiger partial charge in [0.2, 0.25) is 0 Å². The minimum absolute atomic E-state index is 0.0151. The molecule has 0 amide bonds. The average molecular weight is 522 g/mol. The third kappa shape index (κ3) is 5.15. The van der Waals surface area contributed by atoms with Crippen molar-refractivity contribution in [3.05, 3.63) is 95.9 Å². The number of imidazole rings is 1. The number of benzene rings is 3. The molecule has 9 heteroatoms. The van der Waals surface area contributed by atoms with Gasteiger partial charge in [0, 0.05) is 18.7 Å². The van der Waals surface area contributed by atoms with E-state index in [0.717, 1.165) is 22.8 Å². The first-order valence-corrected chi connectivity index (χ1v) is 12.2. The minimum atomic E-state index is -4.63. The summed E-state index contributed by atoms with van der Waals surface area (Å²) < 4.78 is 49.6. The van der Waals surface area contributed by atoms with Gasteiger partial charge in [0.05, 0.1) is 29.4 Å². The van der Waals surface area contributed by atoms with Crippen LogP contribution in [0.2, 0.25) is 0 Å². The van der Waals surface area contributed by atoms with Gasteiger partial charge in [-0.2, -0.15) is 13.2 Å². The molecule has 3 aromatic carbocycles. The molecular formula is C29H26F3N3O3. The largest absolute Gasteiger partial charge is 0.488 e. The zero-order valence-electron chi connectivity index (χ0n) is 20.6. The first kappa shape index (κ1) is 25.5. The van der Waals surface area contributed by atoms with Crippen LogP contribution in [0.15, 0.2) is 79.0 Å². The number of carbonyl (C=O) groups is 1. The lowest BCUT2D eigenvalue weighted by Gasteiger charge is -2.34. The second kappa shape index (κ2) is 9.98. The van der Waals surface area contributed by atoms with Crippen molar-refractivity contribution >= 4 is 5.97 Å². The van der Waals surface area contributed by atoms with E-state index in [1.807, 2.05) is 54.6 Å². The van der Waals surface area contributed by atoms with Crippen molar-refractivity contribution in [2.45, 2.75) is 38.2 Å². The van der Waals surface area contributed by atoms with Gasteiger partial charge in [-0.15, -0.1) is 0 Å². The van der Waals surface area contributed by atoms with Gasteiger partial charge in [-0.1, -0.05) is 54.6 Å². The summed E-state index contributed by atoms with van der Waals surface area (Å²) in [5, 5.41) is 12.5. The molecule has 2 heterocycles. The fraction of sp³-hybridized carbons (Fsp3) is 0.241. The highest BCUT2D eigenvalue weighted by Crippen LogP contribution is 2.40. The Morgan fingerprint density at radius 3 is 2.42 bits per heavy atom. The van der Waals surface area contributed by atoms with Gasteiger partial charge in [0.1, 0.15) is 18.2 Å². The van der Waals surface area contributed by atoms with Crippen molar-refractivity contribution in [2.24, 2.45) is 0 Å². The number of hydrogen-bond donors (Lipinski definition) is 2. The van der Waals surface area contributed by atoms with E-state index < -0.39 is 23.2 Å². The van der Waals surface area contributed by atoms with E-state index >= 15 is 0 Å². The van der Waals surface area contributed by atoms with Crippen LogP contribution in [0.4, 0.5) is 13.2 Å². The molecule has 0 radical (unpaired) electrons. The molecule has 38 heavy (non-hydrogen) atoms. The number of ether oxygens (including phenoxy) is 1. The van der Waals surface area contributed by atoms with Gasteiger partial charge < -0.3 is 19.7 Å². The Hall–Kier alpha value is -4.11. The van der Waals surface area contributed by atoms with Crippen LogP contribution in [0, 0.1) is 0 Å². The third-order valence-corrected chi connectivity index (χ3v) is 6.74. The van der Waals surface area contributed by atoms with Crippen molar-refractivity contribution in [1.29, 1.82) is 0 Å². The lowest BCUT2D eigenvalue weighted by Crippen LogP contribution is -2.49. The number of hydrogen-bond acceptors (Lipinski definition) is 4. The zero-order chi connectivity index (χ0) is 26.9. The maximum atomic E-state index is 14.1. The molecule has 196 valence electrons. The number of fused-ring (bicyclic) bond motifs is 1. The molecule has 0 spiro atoms. The number of halogens is 3. The summed E-state index contributed by atoms with van der Waals surface area (Å²) >= 11 is 0. The summed E-state index contributed by atoms with van der Waals surface area (Å²) in [4.78, 5) is 15.8. The number of aromatic nitrogens is 2. The summed E-state index contributed by atoms with van der Waals surface area (Å²) in [7, 11) is 0. The molecule has 4 aromatic rings. The molecule has 5 rings (SSSR count). The molecule has 0 saturated heterocycles. The minimum Gasteiger partial charge on any atom is -0.488 e. The second-order valence-corrected chi connectivity index (χ2v) is 9.51. The highest BCUT2D eigenvalue weighted by Gasteiger charge is 2.38. The lowest BCUT2D eigenvalue weighted by atomic mass is 9.94. The highest BCUT2D eigenvalue weighted by atomic mass is 19.4. The van der Waals surface area contributed by atoms with Crippen LogP contribution in [-0.4, -0.2) is 27.2 Å². The Morgan fingerprint density at radius 2 is 1.74 bits per heavy atom. The summed E-state index contributed by atoms with van der Waals surface area (Å²) in [6.07, 6.45) is -3.34. The van der Waals surface area contributed by atoms with Gasteiger partial charge in [-0.05, 0) is 41.8 Å². The third-order valence-electron chi connectivity index (χ3n) is 6.74. The number of carboxylic acids is 1. The SMILES string of the molecule is C[C@@]1(CC(=O)O)NCCn2c(-c3ccc(OCc4ccc(-c5ccccc5)cc4)c(C(F)(F)F)c3)cnc21. The first-order valence-electron chi connectivity index (χ1n) is 12.2. The number of carboxylic acid groups (broad SMARTS) is 1. The summed E-state index contributed by atoms with van der Waals surface area (Å²) in [5.41, 5.74) is 1.82. The van der Waals surface area contributed by atoms with E-state index in [0.29, 0.717) is 30.2 Å². The second-order valence-electron chi connectivity index (χ2n) is 9.51. The number of nitrogens with zero attached hydrogens (tertiary/aromatic N) is 2. The van der Waals surface area contributed by atoms with Crippen LogP contribution < -0.4 is 10.1 Å². The highest BCUT2D eigenvalue weighted by molar-refractivity contribution is 5.69. The van der Waals surface area contributed by atoms with Crippen LogP contribution in [-0.2, 0) is 29.7 Å². The molecule has 0 saturated carbocycles. The van der Waals surface area contributed by atoms with Crippen molar-refractivity contribution < 1.29 is 27.8 Å². The van der Waals surface area contributed by atoms with Gasteiger partial charge in [0.15, 0.2) is 0 Å². The maximum absolute atomic E-state index is 14.1. The predicted octanol–water partition coefficient (Wildman–Crippen LogP) is 6.11. The van der Waals surface area contributed by atoms with Crippen molar-refractivity contribution in [2.75, 3.05) is 6.54 Å². The van der Waals surface area contributed by atoms with E-state index in [4.69, 9.17) is 4.74 Å². The van der Waals surface area contributed by atoms with Crippen molar-refractivity contribution in [3.8, 4) is 28.1 Å². The predicted molar refractivity (Wildman–Crippen MR) is 136 cm³/mol. The summed E-state index contributed by atoms with van der Waals surface area (Å²) in [6, 6.07) is 21.3. The molecule has 2 N–H and O–H groups in total. The van der Waals surface area contributed by atoms with Gasteiger partial charge >= 0.3 is 12.1 Å². The van der Waals surface area contributed by atoms with E-state index in [2.05, 4.69) is 10.3 Å². The van der Waals surface area contributed by atoms with E-state index in [1.54, 1.807) is 17.6 Å². The van der Waals surface area contributed by atoms with Crippen LogP contribution in [0.1, 0.15) is 30.3 Å². The number of aliphatic carboxylic acids is 1. The Bertz CT molecular complexity index is 1450. The molecule has 0 aliphatic carbocycles. The molecule has 0 fully saturated rings. The van der Waals surface area contributed by atoms with E-state index in [9.17, 15) is 23.1 Å². The molecule has 1 atom stereocenters. The van der Waals surface area contributed by atoms with Crippen molar-refractivity contribution in [3.63, 3.8) is 0 Å². The van der Waals surface area contributed by atoms with E-state index in [1.165, 1.54) is 12.3 Å². The maximum Gasteiger partial charge on any atom is 0.419 e. The van der Waals surface area contributed by atoms with Crippen molar-refractivity contribution in [1.82, 2.24) is 14.9 Å². The molecule has 1 aliphatic heterocycles. The van der Waals surface area contributed by atoms with Crippen LogP contribution >= 0.6 is 0 Å². The Labute approximate surface area is 217 Å². The van der Waals surface area contributed by atoms with E-state index in [-0.39, 0.29) is 18.8 Å². The first-order chi connectivity index (χ1) is 18.1. The Kier molecular flexibility index (Phi) is 6.71. The summed E-state index contributed by atoms with van der Waals surface area (Å²) in [5.74, 6) is -0.772. The van der Waals surface area contributed by atoms with Gasteiger partial charge in [-0.3, -0.25) is 4.79 Å². The monoisotopic (exact) mass is 521 g/mol. The van der Waals surface area contributed by atoms with Crippen LogP contribution in [0.3, 0.4) is 0 Å². The fourth-order valence-electron chi connectivity index (χ4n) is 4.86. The Balaban J connectivity index is 1.40. The Morgan fingerprint density at radius 1 is 1.05 bits per heavy atom. The molecule has 6 nitrogen and oxygen atoms in total. The average Bonchev–Trinajstić information content (AvgIpc) is 3.33. The standard InChI is InChI=1S/C29H26F3N3O3/c1-28(16-26(36)37)27-33-17-24(35(27)14-13-34-28)22-11-12-25(23(15-22)29(30,31)32)38-18-19-7-9-21(10-8-19)20-5-3-2-4-6-20/h2-12,15,17,34H,13-14,16,18H2,1H3,(H,36,37)/t28-/m0/s1. The smallest absolute Gasteiger partial charge is 0.419 e. The number of alkyl halides is 3.